The summed E-state index contributed by atoms with van der Waals surface area (Å²) in [7, 11) is 3.59. The first-order valence-electron chi connectivity index (χ1n) is 13.2. The number of nitrogens with zero attached hydrogens (tertiary/aromatic N) is 9. The summed E-state index contributed by atoms with van der Waals surface area (Å²) < 4.78 is 5.63. The highest BCUT2D eigenvalue weighted by atomic mass is 35.5. The molecule has 2 saturated heterocycles. The van der Waals surface area contributed by atoms with Crippen molar-refractivity contribution in [2.24, 2.45) is 0 Å². The molecule has 0 unspecified atom stereocenters. The maximum atomic E-state index is 13.0. The van der Waals surface area contributed by atoms with Crippen LogP contribution in [0.1, 0.15) is 36.5 Å². The van der Waals surface area contributed by atoms with Gasteiger partial charge in [0, 0.05) is 58.9 Å². The minimum atomic E-state index is -0.107. The number of halogens is 2. The van der Waals surface area contributed by atoms with Gasteiger partial charge in [-0.1, -0.05) is 35.2 Å². The number of amides is 1. The number of hydrogen-bond donors (Lipinski definition) is 2. The second kappa shape index (κ2) is 11.6. The van der Waals surface area contributed by atoms with Gasteiger partial charge >= 0.3 is 6.01 Å². The number of anilines is 4. The molecule has 1 atom stereocenters. The fourth-order valence-electron chi connectivity index (χ4n) is 5.38. The predicted octanol–water partition coefficient (Wildman–Crippen LogP) is 2.66. The highest BCUT2D eigenvalue weighted by Crippen LogP contribution is 2.33. The van der Waals surface area contributed by atoms with E-state index < -0.39 is 0 Å². The highest BCUT2D eigenvalue weighted by Gasteiger charge is 2.35. The van der Waals surface area contributed by atoms with Crippen molar-refractivity contribution < 1.29 is 9.21 Å². The smallest absolute Gasteiger partial charge is 0.317 e. The lowest BCUT2D eigenvalue weighted by Gasteiger charge is -2.47. The molecule has 40 heavy (non-hydrogen) atoms. The first-order valence-corrected chi connectivity index (χ1v) is 14.0. The molecule has 5 rings (SSSR count). The Hall–Kier alpha value is -3.42. The Bertz CT molecular complexity index is 1380. The van der Waals surface area contributed by atoms with Gasteiger partial charge in [0.2, 0.25) is 0 Å². The molecule has 0 aromatic carbocycles. The van der Waals surface area contributed by atoms with Gasteiger partial charge in [0.15, 0.2) is 22.5 Å². The van der Waals surface area contributed by atoms with Crippen molar-refractivity contribution in [2.75, 3.05) is 68.1 Å². The molecule has 0 radical (unpaired) electrons. The number of hydrogen-bond acceptors (Lipinski definition) is 12. The van der Waals surface area contributed by atoms with Crippen LogP contribution in [0, 0.1) is 0 Å². The number of aromatic nitrogens is 5. The Balaban J connectivity index is 1.23. The fraction of sp³-hybridized carbons (Fsp3) is 0.520. The van der Waals surface area contributed by atoms with Crippen LogP contribution in [0.4, 0.5) is 23.5 Å². The first kappa shape index (κ1) is 28.1. The normalized spacial score (nSPS) is 18.8. The van der Waals surface area contributed by atoms with Crippen molar-refractivity contribution in [1.82, 2.24) is 34.9 Å². The van der Waals surface area contributed by atoms with Gasteiger partial charge in [0.05, 0.1) is 5.56 Å². The fourth-order valence-corrected chi connectivity index (χ4v) is 5.78. The molecular formula is C25H33Cl2N11O2. The van der Waals surface area contributed by atoms with E-state index in [1.165, 1.54) is 0 Å². The second-order valence-corrected chi connectivity index (χ2v) is 10.9. The Morgan fingerprint density at radius 1 is 1.05 bits per heavy atom. The minimum absolute atomic E-state index is 0.107. The second-order valence-electron chi connectivity index (χ2n) is 10.2. The summed E-state index contributed by atoms with van der Waals surface area (Å²) in [6, 6.07) is 4.22. The molecule has 1 amide bonds. The number of likely N-dealkylation sites (tertiary alicyclic amines) is 1. The number of carbonyl (C=O) groups excluding carboxylic acids is 1. The first-order chi connectivity index (χ1) is 19.2. The molecule has 3 aromatic heterocycles. The van der Waals surface area contributed by atoms with E-state index in [0.29, 0.717) is 36.5 Å². The van der Waals surface area contributed by atoms with E-state index in [1.54, 1.807) is 31.1 Å². The summed E-state index contributed by atoms with van der Waals surface area (Å²) in [4.78, 5) is 34.3. The van der Waals surface area contributed by atoms with E-state index in [2.05, 4.69) is 41.9 Å². The zero-order chi connectivity index (χ0) is 28.6. The molecule has 15 heteroatoms. The molecule has 3 aromatic rings. The number of rotatable bonds is 6. The van der Waals surface area contributed by atoms with Crippen molar-refractivity contribution in [2.45, 2.75) is 38.3 Å². The van der Waals surface area contributed by atoms with E-state index >= 15 is 0 Å². The van der Waals surface area contributed by atoms with Crippen molar-refractivity contribution in [3.63, 3.8) is 0 Å². The molecule has 2 fully saturated rings. The van der Waals surface area contributed by atoms with Crippen molar-refractivity contribution in [1.29, 1.82) is 0 Å². The van der Waals surface area contributed by atoms with Gasteiger partial charge in [0.25, 0.3) is 11.8 Å². The van der Waals surface area contributed by atoms with Crippen LogP contribution in [-0.2, 0) is 0 Å². The predicted molar refractivity (Wildman–Crippen MR) is 155 cm³/mol. The van der Waals surface area contributed by atoms with Gasteiger partial charge in [0.1, 0.15) is 11.0 Å². The van der Waals surface area contributed by atoms with Crippen LogP contribution in [0.15, 0.2) is 16.5 Å². The van der Waals surface area contributed by atoms with Crippen molar-refractivity contribution in [3.8, 4) is 11.6 Å². The maximum absolute atomic E-state index is 13.0. The Morgan fingerprint density at radius 3 is 2.45 bits per heavy atom. The van der Waals surface area contributed by atoms with Gasteiger partial charge in [-0.15, -0.1) is 5.10 Å². The summed E-state index contributed by atoms with van der Waals surface area (Å²) in [6.07, 6.45) is 2.71. The lowest BCUT2D eigenvalue weighted by atomic mass is 9.97. The Kier molecular flexibility index (Phi) is 8.15. The third-order valence-corrected chi connectivity index (χ3v) is 7.97. The summed E-state index contributed by atoms with van der Waals surface area (Å²) >= 11 is 12.5. The monoisotopic (exact) mass is 589 g/mol. The van der Waals surface area contributed by atoms with Gasteiger partial charge in [-0.2, -0.15) is 0 Å². The summed E-state index contributed by atoms with van der Waals surface area (Å²) in [5, 5.41) is 8.51. The summed E-state index contributed by atoms with van der Waals surface area (Å²) in [6.45, 7) is 5.78. The topological polar surface area (TPSA) is 160 Å². The van der Waals surface area contributed by atoms with Gasteiger partial charge < -0.3 is 30.6 Å². The molecule has 0 bridgehead atoms. The molecule has 0 spiro atoms. The largest absolute Gasteiger partial charge is 0.401 e. The number of piperidine rings is 1. The minimum Gasteiger partial charge on any atom is -0.401 e. The number of piperazine rings is 1. The molecule has 0 saturated carbocycles. The zero-order valence-electron chi connectivity index (χ0n) is 22.7. The van der Waals surface area contributed by atoms with Crippen LogP contribution in [0.25, 0.3) is 11.6 Å². The van der Waals surface area contributed by atoms with Crippen molar-refractivity contribution >= 4 is 52.6 Å². The Morgan fingerprint density at radius 2 is 1.80 bits per heavy atom. The Labute approximate surface area is 242 Å². The maximum Gasteiger partial charge on any atom is 0.317 e. The zero-order valence-corrected chi connectivity index (χ0v) is 24.2. The standard InChI is InChI=1S/C25H33Cl2N11O2/c1-4-14-13-37(22-19(27)31-18(21(29)32-22)23-33-34-25(40-23)35(2)3)11-12-38(14)15-7-9-36(10-8-15)24(39)16-5-6-17(26)30-20(16)28/h5-6,14-15H,4,7-13H2,1-3H3,(H2,28,30)(H2,29,32)/t14-/m0/s1. The van der Waals surface area contributed by atoms with Gasteiger partial charge in [-0.3, -0.25) is 9.69 Å². The summed E-state index contributed by atoms with van der Waals surface area (Å²) in [5.74, 6) is 0.941. The molecule has 2 aliphatic rings. The van der Waals surface area contributed by atoms with Crippen LogP contribution in [0.2, 0.25) is 10.3 Å². The quantitative estimate of drug-likeness (QED) is 0.405. The number of pyridine rings is 1. The third-order valence-electron chi connectivity index (χ3n) is 7.50. The van der Waals surface area contributed by atoms with Crippen LogP contribution >= 0.6 is 23.2 Å². The third kappa shape index (κ3) is 5.58. The van der Waals surface area contributed by atoms with Crippen molar-refractivity contribution in [3.05, 3.63) is 28.0 Å². The molecule has 0 aliphatic carbocycles. The molecular weight excluding hydrogens is 557 g/mol. The average Bonchev–Trinajstić information content (AvgIpc) is 3.44. The molecule has 5 heterocycles. The van der Waals surface area contributed by atoms with Gasteiger partial charge in [-0.25, -0.2) is 15.0 Å². The molecule has 2 aliphatic heterocycles. The number of carbonyl (C=O) groups is 1. The van der Waals surface area contributed by atoms with Crippen LogP contribution in [0.3, 0.4) is 0 Å². The molecule has 214 valence electrons. The van der Waals surface area contributed by atoms with Gasteiger partial charge in [-0.05, 0) is 31.4 Å². The van der Waals surface area contributed by atoms with E-state index in [9.17, 15) is 4.79 Å². The number of nitrogens with two attached hydrogens (primary N) is 2. The van der Waals surface area contributed by atoms with Crippen LogP contribution < -0.4 is 21.3 Å². The van der Waals surface area contributed by atoms with E-state index in [0.717, 1.165) is 38.9 Å². The van der Waals surface area contributed by atoms with Crippen LogP contribution in [-0.4, -0.2) is 99.8 Å². The van der Waals surface area contributed by atoms with E-state index in [1.807, 2.05) is 4.90 Å². The van der Waals surface area contributed by atoms with E-state index in [4.69, 9.17) is 39.1 Å². The van der Waals surface area contributed by atoms with E-state index in [-0.39, 0.29) is 45.5 Å². The highest BCUT2D eigenvalue weighted by molar-refractivity contribution is 6.32. The number of nitrogen functional groups attached to an aromatic ring is 2. The summed E-state index contributed by atoms with van der Waals surface area (Å²) in [5.41, 5.74) is 12.9. The lowest BCUT2D eigenvalue weighted by molar-refractivity contribution is 0.0491. The van der Waals surface area contributed by atoms with Crippen LogP contribution in [0.5, 0.6) is 0 Å². The molecule has 4 N–H and O–H groups in total. The average molecular weight is 591 g/mol. The lowest BCUT2D eigenvalue weighted by Crippen LogP contribution is -2.58. The molecule has 13 nitrogen and oxygen atoms in total. The SMILES string of the molecule is CC[C@H]1CN(c2nc(N)c(-c3nnc(N(C)C)o3)nc2Cl)CCN1C1CCN(C(=O)c2ccc(Cl)nc2N)CC1.